The number of likely N-dealkylation sites (N-methyl/N-ethyl adjacent to an activating group) is 1. The van der Waals surface area contributed by atoms with Gasteiger partial charge < -0.3 is 9.80 Å². The standard InChI is InChI=1S/C21H30N4O/c1-5-24-13-11-18(12-14-24)23(4)21(26)15-20-16(2)22-25(17(20)3)19-9-7-6-8-10-19/h6-10,18H,5,11-15H2,1-4H3. The molecule has 0 spiro atoms. The molecule has 0 unspecified atom stereocenters. The van der Waals surface area contributed by atoms with E-state index in [1.807, 2.05) is 53.9 Å². The number of hydrogen-bond acceptors (Lipinski definition) is 3. The van der Waals surface area contributed by atoms with Crippen LogP contribution >= 0.6 is 0 Å². The number of carbonyl (C=O) groups is 1. The molecule has 1 aliphatic rings. The van der Waals surface area contributed by atoms with Gasteiger partial charge in [-0.15, -0.1) is 0 Å². The van der Waals surface area contributed by atoms with Gasteiger partial charge in [-0.05, 0) is 45.4 Å². The topological polar surface area (TPSA) is 41.4 Å². The van der Waals surface area contributed by atoms with E-state index in [0.717, 1.165) is 55.1 Å². The van der Waals surface area contributed by atoms with Crippen LogP contribution in [0.5, 0.6) is 0 Å². The van der Waals surface area contributed by atoms with E-state index < -0.39 is 0 Å². The molecule has 0 N–H and O–H groups in total. The molecule has 0 bridgehead atoms. The molecule has 5 heteroatoms. The summed E-state index contributed by atoms with van der Waals surface area (Å²) in [4.78, 5) is 17.3. The van der Waals surface area contributed by atoms with Crippen molar-refractivity contribution < 1.29 is 4.79 Å². The first kappa shape index (κ1) is 18.6. The van der Waals surface area contributed by atoms with Crippen LogP contribution in [0.2, 0.25) is 0 Å². The number of para-hydroxylation sites is 1. The maximum absolute atomic E-state index is 12.9. The van der Waals surface area contributed by atoms with Crippen molar-refractivity contribution in [2.24, 2.45) is 0 Å². The molecular weight excluding hydrogens is 324 g/mol. The Bertz CT molecular complexity index is 745. The summed E-state index contributed by atoms with van der Waals surface area (Å²) >= 11 is 0. The molecule has 0 atom stereocenters. The number of aryl methyl sites for hydroxylation is 1. The summed E-state index contributed by atoms with van der Waals surface area (Å²) in [6.45, 7) is 9.52. The first-order valence-corrected chi connectivity index (χ1v) is 9.59. The van der Waals surface area contributed by atoms with Gasteiger partial charge in [0.2, 0.25) is 5.91 Å². The third kappa shape index (κ3) is 3.83. The van der Waals surface area contributed by atoms with E-state index in [1.54, 1.807) is 0 Å². The lowest BCUT2D eigenvalue weighted by molar-refractivity contribution is -0.132. The number of piperidine rings is 1. The summed E-state index contributed by atoms with van der Waals surface area (Å²) in [6.07, 6.45) is 2.56. The van der Waals surface area contributed by atoms with Gasteiger partial charge in [0, 0.05) is 37.4 Å². The van der Waals surface area contributed by atoms with Crippen molar-refractivity contribution in [3.8, 4) is 5.69 Å². The molecule has 3 rings (SSSR count). The maximum Gasteiger partial charge on any atom is 0.227 e. The normalized spacial score (nSPS) is 16.0. The molecule has 1 saturated heterocycles. The highest BCUT2D eigenvalue weighted by atomic mass is 16.2. The number of hydrogen-bond donors (Lipinski definition) is 0. The molecule has 1 amide bonds. The fourth-order valence-corrected chi connectivity index (χ4v) is 3.85. The Balaban J connectivity index is 1.71. The molecular formula is C21H30N4O. The van der Waals surface area contributed by atoms with Crippen LogP contribution in [0.1, 0.15) is 36.7 Å². The minimum Gasteiger partial charge on any atom is -0.342 e. The first-order valence-electron chi connectivity index (χ1n) is 9.59. The molecule has 0 saturated carbocycles. The number of carbonyl (C=O) groups excluding carboxylic acids is 1. The highest BCUT2D eigenvalue weighted by Crippen LogP contribution is 2.21. The van der Waals surface area contributed by atoms with Crippen LogP contribution in [0.3, 0.4) is 0 Å². The minimum absolute atomic E-state index is 0.193. The fraction of sp³-hybridized carbons (Fsp3) is 0.524. The van der Waals surface area contributed by atoms with Gasteiger partial charge in [0.15, 0.2) is 0 Å². The van der Waals surface area contributed by atoms with Gasteiger partial charge in [0.05, 0.1) is 17.8 Å². The van der Waals surface area contributed by atoms with Gasteiger partial charge in [-0.3, -0.25) is 4.79 Å². The predicted molar refractivity (Wildman–Crippen MR) is 105 cm³/mol. The van der Waals surface area contributed by atoms with E-state index in [2.05, 4.69) is 23.8 Å². The summed E-state index contributed by atoms with van der Waals surface area (Å²) in [5, 5.41) is 4.67. The summed E-state index contributed by atoms with van der Waals surface area (Å²) in [6, 6.07) is 10.4. The Morgan fingerprint density at radius 3 is 2.46 bits per heavy atom. The van der Waals surface area contributed by atoms with Gasteiger partial charge in [-0.25, -0.2) is 4.68 Å². The van der Waals surface area contributed by atoms with Crippen LogP contribution in [0, 0.1) is 13.8 Å². The summed E-state index contributed by atoms with van der Waals surface area (Å²) in [5.41, 5.74) is 4.08. The van der Waals surface area contributed by atoms with E-state index in [0.29, 0.717) is 12.5 Å². The van der Waals surface area contributed by atoms with Crippen LogP contribution < -0.4 is 0 Å². The Morgan fingerprint density at radius 2 is 1.85 bits per heavy atom. The average molecular weight is 354 g/mol. The van der Waals surface area contributed by atoms with Crippen molar-refractivity contribution in [2.45, 2.75) is 46.1 Å². The second-order valence-corrected chi connectivity index (χ2v) is 7.24. The largest absolute Gasteiger partial charge is 0.342 e. The van der Waals surface area contributed by atoms with Crippen molar-refractivity contribution in [2.75, 3.05) is 26.7 Å². The number of aromatic nitrogens is 2. The van der Waals surface area contributed by atoms with E-state index >= 15 is 0 Å². The predicted octanol–water partition coefficient (Wildman–Crippen LogP) is 2.97. The SMILES string of the molecule is CCN1CCC(N(C)C(=O)Cc2c(C)nn(-c3ccccc3)c2C)CC1. The molecule has 26 heavy (non-hydrogen) atoms. The molecule has 5 nitrogen and oxygen atoms in total. The Kier molecular flexibility index (Phi) is 5.77. The second kappa shape index (κ2) is 8.04. The quantitative estimate of drug-likeness (QED) is 0.829. The monoisotopic (exact) mass is 354 g/mol. The zero-order valence-electron chi connectivity index (χ0n) is 16.4. The number of amides is 1. The Hall–Kier alpha value is -2.14. The highest BCUT2D eigenvalue weighted by molar-refractivity contribution is 5.79. The Morgan fingerprint density at radius 1 is 1.19 bits per heavy atom. The number of likely N-dealkylation sites (tertiary alicyclic amines) is 1. The van der Waals surface area contributed by atoms with Crippen molar-refractivity contribution in [3.63, 3.8) is 0 Å². The molecule has 1 aliphatic heterocycles. The van der Waals surface area contributed by atoms with Crippen LogP contribution in [0.15, 0.2) is 30.3 Å². The molecule has 2 heterocycles. The van der Waals surface area contributed by atoms with E-state index in [-0.39, 0.29) is 5.91 Å². The van der Waals surface area contributed by atoms with Crippen molar-refractivity contribution in [1.29, 1.82) is 0 Å². The van der Waals surface area contributed by atoms with Gasteiger partial charge in [0.1, 0.15) is 0 Å². The van der Waals surface area contributed by atoms with E-state index in [9.17, 15) is 4.79 Å². The van der Waals surface area contributed by atoms with Crippen LogP contribution in [-0.2, 0) is 11.2 Å². The third-order valence-electron chi connectivity index (χ3n) is 5.72. The minimum atomic E-state index is 0.193. The number of rotatable bonds is 5. The van der Waals surface area contributed by atoms with Gasteiger partial charge >= 0.3 is 0 Å². The molecule has 140 valence electrons. The van der Waals surface area contributed by atoms with Crippen molar-refractivity contribution >= 4 is 5.91 Å². The summed E-state index contributed by atoms with van der Waals surface area (Å²) < 4.78 is 1.94. The van der Waals surface area contributed by atoms with Crippen LogP contribution in [-0.4, -0.2) is 58.2 Å². The molecule has 2 aromatic rings. The molecule has 0 aliphatic carbocycles. The molecule has 1 aromatic carbocycles. The fourth-order valence-electron chi connectivity index (χ4n) is 3.85. The maximum atomic E-state index is 12.9. The van der Waals surface area contributed by atoms with Gasteiger partial charge in [-0.2, -0.15) is 5.10 Å². The van der Waals surface area contributed by atoms with Crippen molar-refractivity contribution in [1.82, 2.24) is 19.6 Å². The van der Waals surface area contributed by atoms with E-state index in [4.69, 9.17) is 0 Å². The zero-order valence-corrected chi connectivity index (χ0v) is 16.4. The first-order chi connectivity index (χ1) is 12.5. The van der Waals surface area contributed by atoms with E-state index in [1.165, 1.54) is 0 Å². The van der Waals surface area contributed by atoms with Gasteiger partial charge in [0.25, 0.3) is 0 Å². The summed E-state index contributed by atoms with van der Waals surface area (Å²) in [7, 11) is 1.96. The highest BCUT2D eigenvalue weighted by Gasteiger charge is 2.26. The van der Waals surface area contributed by atoms with Crippen LogP contribution in [0.25, 0.3) is 5.69 Å². The lowest BCUT2D eigenvalue weighted by Gasteiger charge is -2.36. The number of nitrogens with zero attached hydrogens (tertiary/aromatic N) is 4. The Labute approximate surface area is 156 Å². The average Bonchev–Trinajstić information content (AvgIpc) is 2.96. The van der Waals surface area contributed by atoms with Crippen molar-refractivity contribution in [3.05, 3.63) is 47.3 Å². The molecule has 1 fully saturated rings. The zero-order chi connectivity index (χ0) is 18.7. The van der Waals surface area contributed by atoms with Crippen LogP contribution in [0.4, 0.5) is 0 Å². The lowest BCUT2D eigenvalue weighted by Crippen LogP contribution is -2.46. The lowest BCUT2D eigenvalue weighted by atomic mass is 10.0. The molecule has 0 radical (unpaired) electrons. The third-order valence-corrected chi connectivity index (χ3v) is 5.72. The second-order valence-electron chi connectivity index (χ2n) is 7.24. The number of benzene rings is 1. The molecule has 1 aromatic heterocycles. The summed E-state index contributed by atoms with van der Waals surface area (Å²) in [5.74, 6) is 0.193. The van der Waals surface area contributed by atoms with Gasteiger partial charge in [-0.1, -0.05) is 25.1 Å². The smallest absolute Gasteiger partial charge is 0.227 e.